The van der Waals surface area contributed by atoms with Crippen molar-refractivity contribution in [3.63, 3.8) is 0 Å². The number of aromatic nitrogens is 1. The Kier molecular flexibility index (Phi) is 5.46. The van der Waals surface area contributed by atoms with Crippen LogP contribution in [0.15, 0.2) is 127 Å². The number of fused-ring (bicyclic) bond motifs is 6. The second-order valence-electron chi connectivity index (χ2n) is 12.1. The molecule has 6 aromatic rings. The Labute approximate surface area is 253 Å². The van der Waals surface area contributed by atoms with Crippen molar-refractivity contribution in [2.24, 2.45) is 0 Å². The minimum absolute atomic E-state index is 0.161. The normalized spacial score (nSPS) is 14.6. The Morgan fingerprint density at radius 3 is 1.79 bits per heavy atom. The van der Waals surface area contributed by atoms with E-state index in [9.17, 15) is 0 Å². The molecule has 4 heteroatoms. The zero-order chi connectivity index (χ0) is 28.5. The molecule has 2 aliphatic heterocycles. The predicted molar refractivity (Wildman–Crippen MR) is 181 cm³/mol. The van der Waals surface area contributed by atoms with Crippen LogP contribution in [-0.2, 0) is 12.8 Å². The molecule has 0 fully saturated rings. The lowest BCUT2D eigenvalue weighted by Gasteiger charge is -2.44. The van der Waals surface area contributed by atoms with E-state index in [2.05, 4.69) is 149 Å². The van der Waals surface area contributed by atoms with Gasteiger partial charge in [-0.15, -0.1) is 0 Å². The average molecular weight is 554 g/mol. The van der Waals surface area contributed by atoms with Crippen LogP contribution in [0.3, 0.4) is 0 Å². The van der Waals surface area contributed by atoms with Gasteiger partial charge in [-0.2, -0.15) is 0 Å². The first-order valence-corrected chi connectivity index (χ1v) is 15.5. The van der Waals surface area contributed by atoms with Crippen molar-refractivity contribution in [1.82, 2.24) is 4.57 Å². The first kappa shape index (κ1) is 24.6. The number of hydrogen-bond donors (Lipinski definition) is 0. The molecule has 3 heterocycles. The molecule has 0 unspecified atom stereocenters. The van der Waals surface area contributed by atoms with Crippen LogP contribution < -0.4 is 26.2 Å². The molecule has 5 aromatic carbocycles. The molecule has 1 aliphatic carbocycles. The molecule has 3 nitrogen and oxygen atoms in total. The second-order valence-corrected chi connectivity index (χ2v) is 12.1. The van der Waals surface area contributed by atoms with E-state index in [4.69, 9.17) is 0 Å². The van der Waals surface area contributed by atoms with Gasteiger partial charge in [0.1, 0.15) is 5.82 Å². The summed E-state index contributed by atoms with van der Waals surface area (Å²) in [6.07, 6.45) is 4.69. The summed E-state index contributed by atoms with van der Waals surface area (Å²) in [5.74, 6) is 1.31. The summed E-state index contributed by atoms with van der Waals surface area (Å²) in [6, 6.07) is 46.9. The molecule has 43 heavy (non-hydrogen) atoms. The first-order valence-electron chi connectivity index (χ1n) is 15.5. The Balaban J connectivity index is 1.45. The average Bonchev–Trinajstić information content (AvgIpc) is 3.40. The Morgan fingerprint density at radius 2 is 1.09 bits per heavy atom. The molecular formula is C39H32BN3. The Bertz CT molecular complexity index is 2000. The van der Waals surface area contributed by atoms with Crippen molar-refractivity contribution in [2.75, 3.05) is 9.80 Å². The minimum atomic E-state index is 0.161. The quantitative estimate of drug-likeness (QED) is 0.207. The van der Waals surface area contributed by atoms with Gasteiger partial charge in [-0.3, -0.25) is 4.90 Å². The summed E-state index contributed by atoms with van der Waals surface area (Å²) >= 11 is 0. The van der Waals surface area contributed by atoms with Crippen molar-refractivity contribution in [2.45, 2.75) is 32.6 Å². The fraction of sp³-hybridized carbons (Fsp3) is 0.128. The lowest BCUT2D eigenvalue weighted by atomic mass is 9.33. The summed E-state index contributed by atoms with van der Waals surface area (Å²) in [6.45, 7) is 2.41. The minimum Gasteiger partial charge on any atom is -0.311 e. The molecule has 0 spiro atoms. The topological polar surface area (TPSA) is 11.4 Å². The molecule has 0 saturated carbocycles. The van der Waals surface area contributed by atoms with Crippen molar-refractivity contribution >= 4 is 57.4 Å². The summed E-state index contributed by atoms with van der Waals surface area (Å²) < 4.78 is 2.61. The third-order valence-corrected chi connectivity index (χ3v) is 9.57. The van der Waals surface area contributed by atoms with Gasteiger partial charge < -0.3 is 9.47 Å². The molecule has 9 rings (SSSR count). The van der Waals surface area contributed by atoms with E-state index < -0.39 is 0 Å². The highest BCUT2D eigenvalue weighted by atomic mass is 15.3. The van der Waals surface area contributed by atoms with Crippen LogP contribution in [0.25, 0.3) is 5.69 Å². The Morgan fingerprint density at radius 1 is 0.535 bits per heavy atom. The fourth-order valence-electron chi connectivity index (χ4n) is 7.94. The lowest BCUT2D eigenvalue weighted by Crippen LogP contribution is -2.62. The van der Waals surface area contributed by atoms with Crippen LogP contribution in [0.4, 0.5) is 34.3 Å². The van der Waals surface area contributed by atoms with E-state index >= 15 is 0 Å². The molecule has 0 bridgehead atoms. The number of para-hydroxylation sites is 4. The second kappa shape index (κ2) is 9.54. The molecular weight excluding hydrogens is 521 g/mol. The molecule has 0 amide bonds. The van der Waals surface area contributed by atoms with E-state index in [0.29, 0.717) is 0 Å². The largest absolute Gasteiger partial charge is 0.311 e. The zero-order valence-corrected chi connectivity index (χ0v) is 24.4. The molecule has 0 saturated heterocycles. The van der Waals surface area contributed by atoms with Gasteiger partial charge in [-0.05, 0) is 115 Å². The van der Waals surface area contributed by atoms with Gasteiger partial charge in [0.05, 0.1) is 0 Å². The number of aryl methyl sites for hydroxylation is 1. The van der Waals surface area contributed by atoms with Gasteiger partial charge in [-0.25, -0.2) is 0 Å². The van der Waals surface area contributed by atoms with E-state index in [1.165, 1.54) is 80.4 Å². The maximum Gasteiger partial charge on any atom is 0.254 e. The van der Waals surface area contributed by atoms with E-state index in [1.54, 1.807) is 5.56 Å². The van der Waals surface area contributed by atoms with Gasteiger partial charge in [-0.1, -0.05) is 72.8 Å². The molecule has 206 valence electrons. The third kappa shape index (κ3) is 3.56. The summed E-state index contributed by atoms with van der Waals surface area (Å²) in [4.78, 5) is 5.06. The fourth-order valence-corrected chi connectivity index (χ4v) is 7.94. The van der Waals surface area contributed by atoms with E-state index in [1.807, 2.05) is 0 Å². The van der Waals surface area contributed by atoms with Gasteiger partial charge >= 0.3 is 0 Å². The highest BCUT2D eigenvalue weighted by Crippen LogP contribution is 2.47. The smallest absolute Gasteiger partial charge is 0.254 e. The van der Waals surface area contributed by atoms with Gasteiger partial charge in [0.2, 0.25) is 0 Å². The Hall–Kier alpha value is -4.96. The molecule has 0 radical (unpaired) electrons. The number of benzene rings is 5. The summed E-state index contributed by atoms with van der Waals surface area (Å²) in [7, 11) is 0. The van der Waals surface area contributed by atoms with Crippen LogP contribution in [0.5, 0.6) is 0 Å². The maximum absolute atomic E-state index is 2.61. The molecule has 0 atom stereocenters. The summed E-state index contributed by atoms with van der Waals surface area (Å²) in [5.41, 5.74) is 16.1. The van der Waals surface area contributed by atoms with Crippen molar-refractivity contribution in [3.05, 3.63) is 144 Å². The predicted octanol–water partition coefficient (Wildman–Crippen LogP) is 7.75. The SMILES string of the molecule is Cc1cc2c3c(c1)N(c1ccccc1)c1c(c4c(n1-c1ccccc1)CCCC4)B3c1ccccc1N2c1ccccc1. The standard InChI is InChI=1S/C39H32BN3/c1-27-25-35-38-36(26-27)43(30-19-9-4-10-20-30)39-37(31-21-11-13-23-33(31)42(39)29-17-7-3-8-18-29)40(38)32-22-12-14-24-34(32)41(35)28-15-5-2-6-16-28/h2-10,12,14-20,22,24-26H,11,13,21,23H2,1H3. The van der Waals surface area contributed by atoms with Gasteiger partial charge in [0.15, 0.2) is 0 Å². The van der Waals surface area contributed by atoms with E-state index in [0.717, 1.165) is 12.8 Å². The first-order chi connectivity index (χ1) is 21.3. The molecule has 0 N–H and O–H groups in total. The lowest BCUT2D eigenvalue weighted by molar-refractivity contribution is 0.664. The van der Waals surface area contributed by atoms with Crippen LogP contribution in [0, 0.1) is 6.92 Å². The molecule has 3 aliphatic rings. The zero-order valence-electron chi connectivity index (χ0n) is 24.4. The van der Waals surface area contributed by atoms with Gasteiger partial charge in [0, 0.05) is 39.8 Å². The summed E-state index contributed by atoms with van der Waals surface area (Å²) in [5, 5.41) is 0. The third-order valence-electron chi connectivity index (χ3n) is 9.57. The highest BCUT2D eigenvalue weighted by Gasteiger charge is 2.47. The van der Waals surface area contributed by atoms with Crippen molar-refractivity contribution < 1.29 is 0 Å². The number of anilines is 6. The van der Waals surface area contributed by atoms with E-state index in [-0.39, 0.29) is 6.71 Å². The van der Waals surface area contributed by atoms with Crippen molar-refractivity contribution in [3.8, 4) is 5.69 Å². The van der Waals surface area contributed by atoms with Gasteiger partial charge in [0.25, 0.3) is 6.71 Å². The van der Waals surface area contributed by atoms with Crippen LogP contribution >= 0.6 is 0 Å². The van der Waals surface area contributed by atoms with Crippen LogP contribution in [0.1, 0.15) is 29.7 Å². The molecule has 1 aromatic heterocycles. The maximum atomic E-state index is 2.61. The van der Waals surface area contributed by atoms with Crippen LogP contribution in [-0.4, -0.2) is 11.3 Å². The monoisotopic (exact) mass is 553 g/mol. The number of rotatable bonds is 3. The number of hydrogen-bond acceptors (Lipinski definition) is 2. The highest BCUT2D eigenvalue weighted by molar-refractivity contribution is 7.00. The van der Waals surface area contributed by atoms with Crippen molar-refractivity contribution in [1.29, 1.82) is 0 Å². The number of nitrogens with zero attached hydrogens (tertiary/aromatic N) is 3. The van der Waals surface area contributed by atoms with Crippen LogP contribution in [0.2, 0.25) is 0 Å².